The molecule has 158 valence electrons. The molecule has 1 aliphatic carbocycles. The van der Waals surface area contributed by atoms with E-state index in [1.165, 1.54) is 22.4 Å². The summed E-state index contributed by atoms with van der Waals surface area (Å²) in [5.74, 6) is -1.13. The summed E-state index contributed by atoms with van der Waals surface area (Å²) in [6.07, 6.45) is 4.45. The Morgan fingerprint density at radius 3 is 2.52 bits per heavy atom. The summed E-state index contributed by atoms with van der Waals surface area (Å²) in [4.78, 5) is 49.4. The first-order valence-corrected chi connectivity index (χ1v) is 10.2. The molecule has 4 rings (SSSR count). The van der Waals surface area contributed by atoms with Gasteiger partial charge >= 0.3 is 11.7 Å². The Hall–Kier alpha value is -3.74. The van der Waals surface area contributed by atoms with Crippen molar-refractivity contribution in [2.75, 3.05) is 6.61 Å². The van der Waals surface area contributed by atoms with Crippen molar-refractivity contribution in [3.05, 3.63) is 104 Å². The Kier molecular flexibility index (Phi) is 5.93. The van der Waals surface area contributed by atoms with Gasteiger partial charge in [-0.05, 0) is 42.0 Å². The molecule has 7 nitrogen and oxygen atoms in total. The number of aromatic nitrogens is 2. The molecular formula is C24H22N2O5. The molecule has 1 heterocycles. The molecule has 0 amide bonds. The second-order valence-corrected chi connectivity index (χ2v) is 7.56. The highest BCUT2D eigenvalue weighted by Crippen LogP contribution is 2.23. The number of hydrogen-bond donors (Lipinski definition) is 0. The minimum Gasteiger partial charge on any atom is -0.456 e. The van der Waals surface area contributed by atoms with Gasteiger partial charge in [-0.1, -0.05) is 42.5 Å². The lowest BCUT2D eigenvalue weighted by Crippen LogP contribution is -2.41. The molecule has 0 fully saturated rings. The predicted molar refractivity (Wildman–Crippen MR) is 114 cm³/mol. The van der Waals surface area contributed by atoms with Crippen LogP contribution < -0.4 is 11.2 Å². The minimum absolute atomic E-state index is 0.270. The number of fused-ring (bicyclic) bond motifs is 1. The fraction of sp³-hybridized carbons (Fsp3) is 0.250. The van der Waals surface area contributed by atoms with Crippen LogP contribution in [0.2, 0.25) is 0 Å². The molecule has 0 saturated heterocycles. The molecule has 0 saturated carbocycles. The largest absolute Gasteiger partial charge is 0.456 e. The molecular weight excluding hydrogens is 396 g/mol. The van der Waals surface area contributed by atoms with Gasteiger partial charge in [-0.25, -0.2) is 9.36 Å². The number of carbonyl (C=O) groups excluding carboxylic acids is 2. The number of benzene rings is 2. The quantitative estimate of drug-likeness (QED) is 0.433. The molecule has 1 aliphatic rings. The number of aryl methyl sites for hydroxylation is 2. The van der Waals surface area contributed by atoms with Gasteiger partial charge in [0, 0.05) is 17.8 Å². The molecule has 0 N–H and O–H groups in total. The lowest BCUT2D eigenvalue weighted by molar-refractivity contribution is -0.143. The summed E-state index contributed by atoms with van der Waals surface area (Å²) < 4.78 is 7.21. The summed E-state index contributed by atoms with van der Waals surface area (Å²) in [5, 5.41) is 0. The van der Waals surface area contributed by atoms with Gasteiger partial charge in [0.1, 0.15) is 6.54 Å². The van der Waals surface area contributed by atoms with Gasteiger partial charge in [0.2, 0.25) is 0 Å². The smallest absolute Gasteiger partial charge is 0.331 e. The van der Waals surface area contributed by atoms with Crippen molar-refractivity contribution in [1.82, 2.24) is 9.13 Å². The highest BCUT2D eigenvalue weighted by Gasteiger charge is 2.16. The molecule has 0 spiro atoms. The Morgan fingerprint density at radius 2 is 1.71 bits per heavy atom. The number of ketones is 1. The normalized spacial score (nSPS) is 12.4. The van der Waals surface area contributed by atoms with Crippen molar-refractivity contribution < 1.29 is 14.3 Å². The first-order chi connectivity index (χ1) is 15.0. The van der Waals surface area contributed by atoms with Crippen molar-refractivity contribution in [3.63, 3.8) is 0 Å². The number of Topliss-reactive ketones (excluding diaryl/α,β-unsaturated/α-hetero) is 1. The molecule has 1 aromatic heterocycles. The van der Waals surface area contributed by atoms with Crippen LogP contribution in [0.25, 0.3) is 0 Å². The van der Waals surface area contributed by atoms with E-state index in [2.05, 4.69) is 0 Å². The van der Waals surface area contributed by atoms with E-state index in [-0.39, 0.29) is 12.3 Å². The highest BCUT2D eigenvalue weighted by atomic mass is 16.5. The zero-order valence-electron chi connectivity index (χ0n) is 17.0. The summed E-state index contributed by atoms with van der Waals surface area (Å²) in [6.45, 7) is -0.714. The average Bonchev–Trinajstić information content (AvgIpc) is 3.25. The highest BCUT2D eigenvalue weighted by molar-refractivity contribution is 5.98. The van der Waals surface area contributed by atoms with E-state index in [9.17, 15) is 19.2 Å². The Labute approximate surface area is 178 Å². The van der Waals surface area contributed by atoms with Crippen molar-refractivity contribution in [3.8, 4) is 0 Å². The van der Waals surface area contributed by atoms with E-state index in [4.69, 9.17) is 4.74 Å². The fourth-order valence-corrected chi connectivity index (χ4v) is 3.75. The van der Waals surface area contributed by atoms with Crippen LogP contribution >= 0.6 is 0 Å². The van der Waals surface area contributed by atoms with Crippen molar-refractivity contribution in [1.29, 1.82) is 0 Å². The third kappa shape index (κ3) is 4.71. The first-order valence-electron chi connectivity index (χ1n) is 10.2. The molecule has 3 aromatic rings. The number of nitrogens with zero attached hydrogens (tertiary/aromatic N) is 2. The number of hydrogen-bond acceptors (Lipinski definition) is 5. The third-order valence-corrected chi connectivity index (χ3v) is 5.41. The second-order valence-electron chi connectivity index (χ2n) is 7.56. The Balaban J connectivity index is 1.41. The number of ether oxygens (including phenoxy) is 1. The van der Waals surface area contributed by atoms with Gasteiger partial charge in [-0.3, -0.25) is 19.0 Å². The van der Waals surface area contributed by atoms with Gasteiger partial charge in [-0.15, -0.1) is 0 Å². The van der Waals surface area contributed by atoms with Crippen LogP contribution in [-0.2, 0) is 35.5 Å². The van der Waals surface area contributed by atoms with Gasteiger partial charge in [-0.2, -0.15) is 0 Å². The standard InChI is InChI=1S/C24H22N2O5/c27-21(20-10-9-18-7-4-8-19(18)13-20)16-31-23(29)15-26-22(28)11-12-25(24(26)30)14-17-5-2-1-3-6-17/h1-3,5-6,9-13H,4,7-8,14-16H2. The number of esters is 1. The molecule has 0 aliphatic heterocycles. The van der Waals surface area contributed by atoms with E-state index in [1.807, 2.05) is 42.5 Å². The molecule has 0 bridgehead atoms. The van der Waals surface area contributed by atoms with Crippen LogP contribution in [0.1, 0.15) is 33.5 Å². The van der Waals surface area contributed by atoms with Gasteiger partial charge in [0.05, 0.1) is 6.54 Å². The van der Waals surface area contributed by atoms with Gasteiger partial charge in [0.25, 0.3) is 5.56 Å². The van der Waals surface area contributed by atoms with Crippen LogP contribution in [-0.4, -0.2) is 27.5 Å². The lowest BCUT2D eigenvalue weighted by atomic mass is 10.0. The van der Waals surface area contributed by atoms with Crippen molar-refractivity contribution in [2.24, 2.45) is 0 Å². The maximum Gasteiger partial charge on any atom is 0.331 e. The Morgan fingerprint density at radius 1 is 0.935 bits per heavy atom. The molecule has 0 unspecified atom stereocenters. The van der Waals surface area contributed by atoms with Crippen LogP contribution in [0.15, 0.2) is 70.4 Å². The zero-order valence-corrected chi connectivity index (χ0v) is 17.0. The van der Waals surface area contributed by atoms with E-state index in [0.717, 1.165) is 35.0 Å². The van der Waals surface area contributed by atoms with Gasteiger partial charge in [0.15, 0.2) is 12.4 Å². The number of rotatable bonds is 7. The summed E-state index contributed by atoms with van der Waals surface area (Å²) in [7, 11) is 0. The Bertz CT molecular complexity index is 1240. The van der Waals surface area contributed by atoms with E-state index in [0.29, 0.717) is 5.56 Å². The predicted octanol–water partition coefficient (Wildman–Crippen LogP) is 1.97. The summed E-state index contributed by atoms with van der Waals surface area (Å²) in [6, 6.07) is 16.1. The van der Waals surface area contributed by atoms with Crippen LogP contribution in [0.3, 0.4) is 0 Å². The van der Waals surface area contributed by atoms with Crippen molar-refractivity contribution in [2.45, 2.75) is 32.4 Å². The zero-order chi connectivity index (χ0) is 21.8. The molecule has 0 radical (unpaired) electrons. The van der Waals surface area contributed by atoms with E-state index >= 15 is 0 Å². The maximum absolute atomic E-state index is 12.6. The summed E-state index contributed by atoms with van der Waals surface area (Å²) >= 11 is 0. The molecule has 31 heavy (non-hydrogen) atoms. The number of carbonyl (C=O) groups is 2. The molecule has 0 atom stereocenters. The average molecular weight is 418 g/mol. The van der Waals surface area contributed by atoms with E-state index in [1.54, 1.807) is 6.07 Å². The van der Waals surface area contributed by atoms with E-state index < -0.39 is 30.4 Å². The first kappa shape index (κ1) is 20.5. The van der Waals surface area contributed by atoms with Crippen LogP contribution in [0.4, 0.5) is 0 Å². The molecule has 7 heteroatoms. The second kappa shape index (κ2) is 8.95. The molecule has 2 aromatic carbocycles. The van der Waals surface area contributed by atoms with Gasteiger partial charge < -0.3 is 4.74 Å². The van der Waals surface area contributed by atoms with Crippen LogP contribution in [0.5, 0.6) is 0 Å². The monoisotopic (exact) mass is 418 g/mol. The van der Waals surface area contributed by atoms with Crippen LogP contribution in [0, 0.1) is 0 Å². The minimum atomic E-state index is -0.814. The topological polar surface area (TPSA) is 87.4 Å². The maximum atomic E-state index is 12.6. The SMILES string of the molecule is O=C(Cn1c(=O)ccn(Cc2ccccc2)c1=O)OCC(=O)c1ccc2c(c1)CCC2. The van der Waals surface area contributed by atoms with Crippen molar-refractivity contribution >= 4 is 11.8 Å². The lowest BCUT2D eigenvalue weighted by Gasteiger charge is -2.10. The fourth-order valence-electron chi connectivity index (χ4n) is 3.75. The third-order valence-electron chi connectivity index (χ3n) is 5.41. The summed E-state index contributed by atoms with van der Waals surface area (Å²) in [5.41, 5.74) is 2.58.